The fourth-order valence-corrected chi connectivity index (χ4v) is 3.71. The first kappa shape index (κ1) is 17.9. The van der Waals surface area contributed by atoms with Crippen molar-refractivity contribution in [3.8, 4) is 6.01 Å². The number of anilines is 1. The van der Waals surface area contributed by atoms with E-state index in [4.69, 9.17) is 10.5 Å². The van der Waals surface area contributed by atoms with Crippen molar-refractivity contribution in [3.63, 3.8) is 0 Å². The van der Waals surface area contributed by atoms with Crippen LogP contribution in [0.15, 0.2) is 6.20 Å². The van der Waals surface area contributed by atoms with E-state index in [1.54, 1.807) is 0 Å². The third-order valence-corrected chi connectivity index (χ3v) is 5.19. The number of aromatic nitrogens is 4. The van der Waals surface area contributed by atoms with Crippen molar-refractivity contribution in [2.24, 2.45) is 5.92 Å². The van der Waals surface area contributed by atoms with Crippen LogP contribution in [-0.2, 0) is 6.42 Å². The number of rotatable bonds is 7. The van der Waals surface area contributed by atoms with Gasteiger partial charge < -0.3 is 15.8 Å². The van der Waals surface area contributed by atoms with Crippen LogP contribution in [0.5, 0.6) is 6.01 Å². The van der Waals surface area contributed by atoms with Gasteiger partial charge in [0.2, 0.25) is 0 Å². The molecule has 25 heavy (non-hydrogen) atoms. The van der Waals surface area contributed by atoms with Crippen LogP contribution in [0.25, 0.3) is 5.65 Å². The molecule has 0 aliphatic heterocycles. The number of hydrogen-bond donors (Lipinski definition) is 2. The monoisotopic (exact) mass is 346 g/mol. The Morgan fingerprint density at radius 2 is 2.12 bits per heavy atom. The van der Waals surface area contributed by atoms with Crippen LogP contribution in [0.3, 0.4) is 0 Å². The highest BCUT2D eigenvalue weighted by Crippen LogP contribution is 2.28. The molecule has 1 fully saturated rings. The predicted octanol–water partition coefficient (Wildman–Crippen LogP) is 2.59. The van der Waals surface area contributed by atoms with Gasteiger partial charge in [-0.05, 0) is 58.4 Å². The zero-order valence-electron chi connectivity index (χ0n) is 15.5. The maximum atomic E-state index is 6.07. The summed E-state index contributed by atoms with van der Waals surface area (Å²) >= 11 is 0. The second-order valence-corrected chi connectivity index (χ2v) is 7.19. The number of nitrogens with two attached hydrogens (primary N) is 1. The molecule has 0 spiro atoms. The zero-order chi connectivity index (χ0) is 17.8. The van der Waals surface area contributed by atoms with Gasteiger partial charge >= 0.3 is 6.01 Å². The summed E-state index contributed by atoms with van der Waals surface area (Å²) in [6, 6.07) is 1.00. The minimum atomic E-state index is 0.0747. The van der Waals surface area contributed by atoms with Crippen LogP contribution in [0.1, 0.15) is 58.1 Å². The molecule has 3 rings (SSSR count). The Bertz CT molecular complexity index is 692. The standard InChI is InChI=1S/C18H30N6O/c1-4-5-12(2)25-18-22-16(19)17-21-11-15(24(17)23-18)10-13-6-8-14(20-3)9-7-13/h11-14,20H,4-10H2,1-3H3,(H2,19,22,23)/t12-,13?,14?/m0/s1. The number of nitrogens with zero attached hydrogens (tertiary/aromatic N) is 4. The van der Waals surface area contributed by atoms with Gasteiger partial charge in [-0.3, -0.25) is 0 Å². The molecule has 0 unspecified atom stereocenters. The average Bonchev–Trinajstić information content (AvgIpc) is 2.99. The van der Waals surface area contributed by atoms with Gasteiger partial charge in [-0.2, -0.15) is 4.98 Å². The largest absolute Gasteiger partial charge is 0.459 e. The lowest BCUT2D eigenvalue weighted by molar-refractivity contribution is 0.189. The molecule has 0 saturated heterocycles. The Morgan fingerprint density at radius 1 is 1.36 bits per heavy atom. The van der Waals surface area contributed by atoms with Crippen molar-refractivity contribution < 1.29 is 4.74 Å². The normalized spacial score (nSPS) is 22.2. The van der Waals surface area contributed by atoms with Crippen molar-refractivity contribution in [3.05, 3.63) is 11.9 Å². The van der Waals surface area contributed by atoms with Crippen LogP contribution < -0.4 is 15.8 Å². The van der Waals surface area contributed by atoms with E-state index in [0.29, 0.717) is 29.4 Å². The molecule has 2 aromatic heterocycles. The molecule has 0 amide bonds. The minimum absolute atomic E-state index is 0.0747. The van der Waals surface area contributed by atoms with E-state index in [-0.39, 0.29) is 6.10 Å². The summed E-state index contributed by atoms with van der Waals surface area (Å²) in [6.45, 7) is 4.16. The molecule has 1 atom stereocenters. The Kier molecular flexibility index (Phi) is 5.73. The number of hydrogen-bond acceptors (Lipinski definition) is 6. The van der Waals surface area contributed by atoms with Crippen LogP contribution in [0.2, 0.25) is 0 Å². The van der Waals surface area contributed by atoms with E-state index in [1.807, 2.05) is 17.6 Å². The molecule has 3 N–H and O–H groups in total. The van der Waals surface area contributed by atoms with Crippen molar-refractivity contribution in [1.29, 1.82) is 0 Å². The number of fused-ring (bicyclic) bond motifs is 1. The predicted molar refractivity (Wildman–Crippen MR) is 98.7 cm³/mol. The van der Waals surface area contributed by atoms with Gasteiger partial charge in [0.15, 0.2) is 11.5 Å². The van der Waals surface area contributed by atoms with Crippen molar-refractivity contribution in [2.45, 2.75) is 70.9 Å². The zero-order valence-corrected chi connectivity index (χ0v) is 15.5. The summed E-state index contributed by atoms with van der Waals surface area (Å²) in [5.74, 6) is 1.04. The minimum Gasteiger partial charge on any atom is -0.459 e. The lowest BCUT2D eigenvalue weighted by Crippen LogP contribution is -2.30. The van der Waals surface area contributed by atoms with Gasteiger partial charge in [0.1, 0.15) is 0 Å². The van der Waals surface area contributed by atoms with Gasteiger partial charge in [0.25, 0.3) is 0 Å². The fraction of sp³-hybridized carbons (Fsp3) is 0.722. The van der Waals surface area contributed by atoms with Gasteiger partial charge in [-0.1, -0.05) is 13.3 Å². The van der Waals surface area contributed by atoms with Crippen LogP contribution >= 0.6 is 0 Å². The summed E-state index contributed by atoms with van der Waals surface area (Å²) in [5, 5.41) is 7.93. The Morgan fingerprint density at radius 3 is 2.80 bits per heavy atom. The number of nitrogen functional groups attached to an aromatic ring is 1. The average molecular weight is 346 g/mol. The first-order valence-corrected chi connectivity index (χ1v) is 9.44. The second-order valence-electron chi connectivity index (χ2n) is 7.19. The molecule has 0 aromatic carbocycles. The molecule has 7 nitrogen and oxygen atoms in total. The molecule has 7 heteroatoms. The Labute approximate surface area is 149 Å². The first-order chi connectivity index (χ1) is 12.1. The van der Waals surface area contributed by atoms with Crippen molar-refractivity contribution >= 4 is 11.5 Å². The second kappa shape index (κ2) is 7.99. The van der Waals surface area contributed by atoms with E-state index >= 15 is 0 Å². The summed E-state index contributed by atoms with van der Waals surface area (Å²) < 4.78 is 7.65. The lowest BCUT2D eigenvalue weighted by atomic mass is 9.83. The highest BCUT2D eigenvalue weighted by Gasteiger charge is 2.22. The van der Waals surface area contributed by atoms with Gasteiger partial charge in [-0.15, -0.1) is 5.10 Å². The van der Waals surface area contributed by atoms with E-state index in [1.165, 1.54) is 25.7 Å². The van der Waals surface area contributed by atoms with E-state index in [2.05, 4.69) is 34.4 Å². The number of nitrogens with one attached hydrogen (secondary N) is 1. The van der Waals surface area contributed by atoms with Gasteiger partial charge in [0, 0.05) is 6.04 Å². The molecular formula is C18H30N6O. The third-order valence-electron chi connectivity index (χ3n) is 5.19. The first-order valence-electron chi connectivity index (χ1n) is 9.44. The summed E-state index contributed by atoms with van der Waals surface area (Å²) in [6.07, 6.45) is 9.88. The van der Waals surface area contributed by atoms with Gasteiger partial charge in [-0.25, -0.2) is 9.50 Å². The topological polar surface area (TPSA) is 90.4 Å². The molecule has 2 aromatic rings. The number of ether oxygens (including phenoxy) is 1. The maximum Gasteiger partial charge on any atom is 0.336 e. The fourth-order valence-electron chi connectivity index (χ4n) is 3.71. The summed E-state index contributed by atoms with van der Waals surface area (Å²) in [7, 11) is 2.05. The Hall–Kier alpha value is -1.89. The maximum absolute atomic E-state index is 6.07. The van der Waals surface area contributed by atoms with E-state index < -0.39 is 0 Å². The van der Waals surface area contributed by atoms with Crippen LogP contribution in [0.4, 0.5) is 5.82 Å². The molecule has 0 radical (unpaired) electrons. The van der Waals surface area contributed by atoms with Crippen LogP contribution in [-0.4, -0.2) is 38.8 Å². The third kappa shape index (κ3) is 4.21. The number of imidazole rings is 1. The summed E-state index contributed by atoms with van der Waals surface area (Å²) in [4.78, 5) is 8.67. The molecule has 1 saturated carbocycles. The molecule has 1 aliphatic carbocycles. The van der Waals surface area contributed by atoms with E-state index in [9.17, 15) is 0 Å². The highest BCUT2D eigenvalue weighted by molar-refractivity contribution is 5.59. The molecule has 2 heterocycles. The molecule has 138 valence electrons. The quantitative estimate of drug-likeness (QED) is 0.801. The van der Waals surface area contributed by atoms with Crippen molar-refractivity contribution in [1.82, 2.24) is 24.9 Å². The smallest absolute Gasteiger partial charge is 0.336 e. The summed E-state index contributed by atoms with van der Waals surface area (Å²) in [5.41, 5.74) is 7.77. The molecule has 1 aliphatic rings. The molecule has 0 bridgehead atoms. The van der Waals surface area contributed by atoms with Crippen LogP contribution in [0, 0.1) is 5.92 Å². The van der Waals surface area contributed by atoms with Gasteiger partial charge in [0.05, 0.1) is 18.0 Å². The molecular weight excluding hydrogens is 316 g/mol. The van der Waals surface area contributed by atoms with E-state index in [0.717, 1.165) is 25.0 Å². The lowest BCUT2D eigenvalue weighted by Gasteiger charge is -2.27. The van der Waals surface area contributed by atoms with Crippen molar-refractivity contribution in [2.75, 3.05) is 12.8 Å². The highest BCUT2D eigenvalue weighted by atomic mass is 16.5. The SMILES string of the molecule is CCC[C@H](C)Oc1nc(N)c2ncc(CC3CCC(NC)CC3)n2n1. The Balaban J connectivity index is 1.76.